The van der Waals surface area contributed by atoms with Gasteiger partial charge in [-0.15, -0.1) is 6.42 Å². The molecule has 0 aliphatic heterocycles. The van der Waals surface area contributed by atoms with Gasteiger partial charge in [0.15, 0.2) is 0 Å². The summed E-state index contributed by atoms with van der Waals surface area (Å²) in [6, 6.07) is 1.72. The highest BCUT2D eigenvalue weighted by atomic mass is 32.2. The number of hydrogen-bond donors (Lipinski definition) is 0. The fraction of sp³-hybridized carbons (Fsp3) is 0.600. The Bertz CT molecular complexity index is 444. The molecular weight excluding hydrogens is 258 g/mol. The number of methoxy groups -OCH3 is 1. The zero-order chi connectivity index (χ0) is 14.2. The molecule has 100 valence electrons. The molecule has 0 rings (SSSR count). The van der Waals surface area contributed by atoms with Crippen LogP contribution >= 0.6 is 0 Å². The third-order valence-electron chi connectivity index (χ3n) is 2.09. The minimum atomic E-state index is -3.84. The molecule has 0 saturated carbocycles. The summed E-state index contributed by atoms with van der Waals surface area (Å²) in [5.74, 6) is 1.65. The van der Waals surface area contributed by atoms with Crippen LogP contribution in [0.1, 0.15) is 6.42 Å². The Morgan fingerprint density at radius 2 is 2.06 bits per heavy atom. The van der Waals surface area contributed by atoms with E-state index in [4.69, 9.17) is 11.7 Å². The molecule has 0 atom stereocenters. The summed E-state index contributed by atoms with van der Waals surface area (Å²) in [5.41, 5.74) is 0. The summed E-state index contributed by atoms with van der Waals surface area (Å²) in [5, 5.41) is 8.55. The Labute approximate surface area is 107 Å². The minimum Gasteiger partial charge on any atom is -0.469 e. The first-order chi connectivity index (χ1) is 8.39. The average molecular weight is 273 g/mol. The van der Waals surface area contributed by atoms with E-state index < -0.39 is 16.2 Å². The third-order valence-corrected chi connectivity index (χ3v) is 3.97. The average Bonchev–Trinajstić information content (AvgIpc) is 2.34. The van der Waals surface area contributed by atoms with Crippen LogP contribution in [0.2, 0.25) is 0 Å². The minimum absolute atomic E-state index is 0.0402. The molecule has 0 amide bonds. The van der Waals surface area contributed by atoms with Gasteiger partial charge in [0.25, 0.3) is 10.2 Å². The summed E-state index contributed by atoms with van der Waals surface area (Å²) < 4.78 is 30.1. The van der Waals surface area contributed by atoms with Gasteiger partial charge in [-0.1, -0.05) is 5.92 Å². The van der Waals surface area contributed by atoms with Crippen LogP contribution in [0, 0.1) is 23.7 Å². The Morgan fingerprint density at radius 3 is 2.50 bits per heavy atom. The number of hydrogen-bond acceptors (Lipinski definition) is 5. The van der Waals surface area contributed by atoms with E-state index in [-0.39, 0.29) is 26.1 Å². The second-order valence-electron chi connectivity index (χ2n) is 3.29. The van der Waals surface area contributed by atoms with Gasteiger partial charge < -0.3 is 4.74 Å². The van der Waals surface area contributed by atoms with E-state index in [2.05, 4.69) is 10.7 Å². The molecule has 0 saturated heterocycles. The molecule has 0 aromatic rings. The van der Waals surface area contributed by atoms with Crippen LogP contribution in [0.25, 0.3) is 0 Å². The number of carbonyl (C=O) groups excluding carboxylic acids is 1. The number of nitriles is 1. The van der Waals surface area contributed by atoms with E-state index in [0.717, 1.165) is 8.61 Å². The molecule has 18 heavy (non-hydrogen) atoms. The lowest BCUT2D eigenvalue weighted by molar-refractivity contribution is -0.140. The fourth-order valence-corrected chi connectivity index (χ4v) is 2.24. The van der Waals surface area contributed by atoms with E-state index in [1.165, 1.54) is 14.2 Å². The van der Waals surface area contributed by atoms with Crippen LogP contribution in [-0.2, 0) is 19.7 Å². The van der Waals surface area contributed by atoms with Gasteiger partial charge in [0.2, 0.25) is 0 Å². The third kappa shape index (κ3) is 4.72. The van der Waals surface area contributed by atoms with E-state index in [0.29, 0.717) is 0 Å². The van der Waals surface area contributed by atoms with Gasteiger partial charge in [0.1, 0.15) is 6.54 Å². The summed E-state index contributed by atoms with van der Waals surface area (Å²) >= 11 is 0. The van der Waals surface area contributed by atoms with E-state index >= 15 is 0 Å². The van der Waals surface area contributed by atoms with Crippen LogP contribution in [0.15, 0.2) is 0 Å². The van der Waals surface area contributed by atoms with Gasteiger partial charge in [-0.3, -0.25) is 4.79 Å². The molecular formula is C10H15N3O4S. The molecule has 7 nitrogen and oxygen atoms in total. The first-order valence-corrected chi connectivity index (χ1v) is 6.38. The molecule has 0 aromatic heterocycles. The van der Waals surface area contributed by atoms with E-state index in [1.54, 1.807) is 6.07 Å². The van der Waals surface area contributed by atoms with Gasteiger partial charge in [-0.2, -0.15) is 22.3 Å². The van der Waals surface area contributed by atoms with E-state index in [9.17, 15) is 13.2 Å². The fourth-order valence-electron chi connectivity index (χ4n) is 1.06. The monoisotopic (exact) mass is 273 g/mol. The first-order valence-electron chi connectivity index (χ1n) is 4.98. The van der Waals surface area contributed by atoms with Crippen molar-refractivity contribution in [3.63, 3.8) is 0 Å². The van der Waals surface area contributed by atoms with Gasteiger partial charge in [-0.25, -0.2) is 0 Å². The molecule has 0 aromatic carbocycles. The molecule has 0 unspecified atom stereocenters. The highest BCUT2D eigenvalue weighted by Crippen LogP contribution is 2.06. The van der Waals surface area contributed by atoms with Crippen LogP contribution in [-0.4, -0.2) is 56.8 Å². The molecule has 0 heterocycles. The standard InChI is InChI=1S/C10H15N3O4S/c1-4-7-13(9-6-11)18(15,16)12(2)8-5-10(14)17-3/h1H,5,7-9H2,2-3H3. The molecule has 0 spiro atoms. The van der Waals surface area contributed by atoms with Crippen molar-refractivity contribution in [2.24, 2.45) is 0 Å². The Balaban J connectivity index is 4.73. The number of carbonyl (C=O) groups is 1. The zero-order valence-corrected chi connectivity index (χ0v) is 11.1. The number of terminal acetylenes is 1. The lowest BCUT2D eigenvalue weighted by Gasteiger charge is -2.23. The van der Waals surface area contributed by atoms with Gasteiger partial charge in [0.05, 0.1) is 26.1 Å². The molecule has 8 heteroatoms. The molecule has 0 radical (unpaired) electrons. The van der Waals surface area contributed by atoms with Crippen molar-refractivity contribution in [1.29, 1.82) is 5.26 Å². The van der Waals surface area contributed by atoms with Crippen molar-refractivity contribution in [1.82, 2.24) is 8.61 Å². The zero-order valence-electron chi connectivity index (χ0n) is 10.3. The quantitative estimate of drug-likeness (QED) is 0.343. The SMILES string of the molecule is C#CCN(CC#N)S(=O)(=O)N(C)CCC(=O)OC. The van der Waals surface area contributed by atoms with E-state index in [1.807, 2.05) is 0 Å². The van der Waals surface area contributed by atoms with Gasteiger partial charge >= 0.3 is 5.97 Å². The Kier molecular flexibility index (Phi) is 6.98. The molecule has 0 aliphatic rings. The van der Waals surface area contributed by atoms with Crippen LogP contribution in [0.4, 0.5) is 0 Å². The smallest absolute Gasteiger partial charge is 0.306 e. The molecule has 0 N–H and O–H groups in total. The predicted octanol–water partition coefficient (Wildman–Crippen LogP) is -0.815. The number of ether oxygens (including phenoxy) is 1. The molecule has 0 aliphatic carbocycles. The van der Waals surface area contributed by atoms with Crippen LogP contribution in [0.5, 0.6) is 0 Å². The van der Waals surface area contributed by atoms with Crippen molar-refractivity contribution < 1.29 is 17.9 Å². The van der Waals surface area contributed by atoms with Crippen molar-refractivity contribution in [3.05, 3.63) is 0 Å². The van der Waals surface area contributed by atoms with Crippen molar-refractivity contribution in [3.8, 4) is 18.4 Å². The highest BCUT2D eigenvalue weighted by molar-refractivity contribution is 7.86. The first kappa shape index (κ1) is 16.4. The summed E-state index contributed by atoms with van der Waals surface area (Å²) in [4.78, 5) is 10.9. The van der Waals surface area contributed by atoms with Crippen LogP contribution < -0.4 is 0 Å². The van der Waals surface area contributed by atoms with Gasteiger partial charge in [0, 0.05) is 13.6 Å². The maximum absolute atomic E-state index is 12.0. The topological polar surface area (TPSA) is 90.7 Å². The lowest BCUT2D eigenvalue weighted by Crippen LogP contribution is -2.43. The normalized spacial score (nSPS) is 11.0. The van der Waals surface area contributed by atoms with Gasteiger partial charge in [-0.05, 0) is 0 Å². The maximum Gasteiger partial charge on any atom is 0.306 e. The summed E-state index contributed by atoms with van der Waals surface area (Å²) in [6.07, 6.45) is 4.98. The number of nitrogens with zero attached hydrogens (tertiary/aromatic N) is 3. The highest BCUT2D eigenvalue weighted by Gasteiger charge is 2.26. The maximum atomic E-state index is 12.0. The van der Waals surface area contributed by atoms with Crippen molar-refractivity contribution >= 4 is 16.2 Å². The molecule has 0 bridgehead atoms. The summed E-state index contributed by atoms with van der Waals surface area (Å²) in [6.45, 7) is -0.574. The van der Waals surface area contributed by atoms with Crippen molar-refractivity contribution in [2.45, 2.75) is 6.42 Å². The second kappa shape index (κ2) is 7.67. The Morgan fingerprint density at radius 1 is 1.44 bits per heavy atom. The lowest BCUT2D eigenvalue weighted by atomic mass is 10.4. The van der Waals surface area contributed by atoms with Crippen molar-refractivity contribution in [2.75, 3.05) is 33.8 Å². The Hall–Kier alpha value is -1.61. The van der Waals surface area contributed by atoms with Crippen LogP contribution in [0.3, 0.4) is 0 Å². The second-order valence-corrected chi connectivity index (χ2v) is 5.32. The predicted molar refractivity (Wildman–Crippen MR) is 64.2 cm³/mol. The number of rotatable bonds is 7. The largest absolute Gasteiger partial charge is 0.469 e. The number of esters is 1. The molecule has 0 fully saturated rings. The summed E-state index contributed by atoms with van der Waals surface area (Å²) in [7, 11) is -1.31.